The van der Waals surface area contributed by atoms with Crippen LogP contribution in [0.1, 0.15) is 42.5 Å². The molecule has 2 heterocycles. The molecule has 2 aromatic carbocycles. The van der Waals surface area contributed by atoms with Crippen LogP contribution in [0.3, 0.4) is 0 Å². The fourth-order valence-electron chi connectivity index (χ4n) is 7.23. The number of carbonyl (C=O) groups excluding carboxylic acids is 1. The summed E-state index contributed by atoms with van der Waals surface area (Å²) in [6.45, 7) is 0. The van der Waals surface area contributed by atoms with Crippen LogP contribution in [0.15, 0.2) is 60.8 Å². The van der Waals surface area contributed by atoms with Gasteiger partial charge in [0.15, 0.2) is 0 Å². The lowest BCUT2D eigenvalue weighted by Gasteiger charge is -2.56. The molecule has 0 radical (unpaired) electrons. The highest BCUT2D eigenvalue weighted by Gasteiger charge is 2.50. The zero-order chi connectivity index (χ0) is 25.1. The number of hydrogen-bond donors (Lipinski definition) is 4. The van der Waals surface area contributed by atoms with E-state index in [2.05, 4.69) is 20.3 Å². The number of aromatic hydroxyl groups is 1. The lowest BCUT2D eigenvalue weighted by molar-refractivity contribution is -0.0305. The number of amides is 1. The van der Waals surface area contributed by atoms with Gasteiger partial charge in [0, 0.05) is 17.3 Å². The first-order valence-electron chi connectivity index (χ1n) is 13.1. The number of anilines is 2. The van der Waals surface area contributed by atoms with Crippen molar-refractivity contribution in [3.8, 4) is 17.1 Å². The highest BCUT2D eigenvalue weighted by Crippen LogP contribution is 2.55. The van der Waals surface area contributed by atoms with Crippen molar-refractivity contribution < 1.29 is 15.1 Å². The van der Waals surface area contributed by atoms with Gasteiger partial charge < -0.3 is 15.4 Å². The van der Waals surface area contributed by atoms with Crippen LogP contribution in [-0.4, -0.2) is 37.2 Å². The maximum atomic E-state index is 12.7. The number of hydrogen-bond acceptors (Lipinski definition) is 6. The van der Waals surface area contributed by atoms with Crippen molar-refractivity contribution in [3.63, 3.8) is 0 Å². The van der Waals surface area contributed by atoms with Crippen LogP contribution in [-0.2, 0) is 0 Å². The Bertz CT molecular complexity index is 1460. The number of benzene rings is 2. The maximum absolute atomic E-state index is 12.7. The predicted octanol–water partition coefficient (Wildman–Crippen LogP) is 5.60. The monoisotopic (exact) mass is 495 g/mol. The third-order valence-electron chi connectivity index (χ3n) is 8.61. The van der Waals surface area contributed by atoms with E-state index in [1.54, 1.807) is 48.7 Å². The number of phenols is 1. The van der Waals surface area contributed by atoms with Crippen LogP contribution in [0, 0.1) is 23.7 Å². The molecule has 4 saturated carbocycles. The van der Waals surface area contributed by atoms with Crippen molar-refractivity contribution in [2.45, 2.75) is 38.1 Å². The zero-order valence-corrected chi connectivity index (χ0v) is 20.3. The molecule has 8 nitrogen and oxygen atoms in total. The number of nitrogens with one attached hydrogen (secondary N) is 2. The van der Waals surface area contributed by atoms with Gasteiger partial charge >= 0.3 is 0 Å². The minimum absolute atomic E-state index is 0.0321. The molecule has 4 aliphatic carbocycles. The second-order valence-corrected chi connectivity index (χ2v) is 11.0. The Morgan fingerprint density at radius 3 is 2.46 bits per heavy atom. The molecule has 4 aromatic rings. The van der Waals surface area contributed by atoms with Crippen LogP contribution in [0.2, 0.25) is 0 Å². The highest BCUT2D eigenvalue weighted by molar-refractivity contribution is 6.05. The predicted molar refractivity (Wildman–Crippen MR) is 140 cm³/mol. The number of H-pyrrole nitrogens is 1. The maximum Gasteiger partial charge on any atom is 0.256 e. The Morgan fingerprint density at radius 1 is 0.973 bits per heavy atom. The van der Waals surface area contributed by atoms with Crippen LogP contribution >= 0.6 is 0 Å². The molecule has 8 heteroatoms. The lowest BCUT2D eigenvalue weighted by Crippen LogP contribution is -2.55. The van der Waals surface area contributed by atoms with Gasteiger partial charge in [0.2, 0.25) is 0 Å². The molecule has 0 atom stereocenters. The van der Waals surface area contributed by atoms with Gasteiger partial charge in [-0.05, 0) is 104 Å². The number of imidazole rings is 1. The first-order chi connectivity index (χ1) is 18.0. The van der Waals surface area contributed by atoms with E-state index in [-0.39, 0.29) is 17.7 Å². The number of pyridine rings is 1. The Balaban J connectivity index is 1.12. The van der Waals surface area contributed by atoms with E-state index >= 15 is 0 Å². The van der Waals surface area contributed by atoms with Crippen LogP contribution in [0.25, 0.3) is 22.4 Å². The number of aromatic amines is 1. The van der Waals surface area contributed by atoms with E-state index < -0.39 is 0 Å². The minimum Gasteiger partial charge on any atom is -0.506 e. The first kappa shape index (κ1) is 22.3. The van der Waals surface area contributed by atoms with Gasteiger partial charge in [-0.2, -0.15) is 0 Å². The number of fused-ring (bicyclic) bond motifs is 1. The summed E-state index contributed by atoms with van der Waals surface area (Å²) in [5.41, 5.74) is 3.06. The van der Waals surface area contributed by atoms with Crippen molar-refractivity contribution in [1.29, 1.82) is 0 Å². The van der Waals surface area contributed by atoms with E-state index in [0.29, 0.717) is 51.3 Å². The fraction of sp³-hybridized carbons (Fsp3) is 0.345. The fourth-order valence-corrected chi connectivity index (χ4v) is 7.23. The molecule has 8 rings (SSSR count). The standard InChI is InChI=1S/C29H29N5O3/c35-25-15-18(5-7-24(25)34(37)27-20-10-16-9-17(12-20)13-21(27)11-16)28-31-22-6-4-19(14-23(22)32-28)29(36)33-26-3-1-2-8-30-26/h1-8,14-17,20-21,27,35,37H,9-13H2,(H,31,32)(H,30,33,36). The molecule has 188 valence electrons. The Hall–Kier alpha value is -3.91. The number of aromatic nitrogens is 3. The van der Waals surface area contributed by atoms with E-state index in [9.17, 15) is 15.1 Å². The molecule has 1 amide bonds. The molecule has 4 fully saturated rings. The van der Waals surface area contributed by atoms with E-state index in [4.69, 9.17) is 0 Å². The van der Waals surface area contributed by atoms with Crippen LogP contribution in [0.5, 0.6) is 5.75 Å². The first-order valence-corrected chi connectivity index (χ1v) is 13.1. The summed E-state index contributed by atoms with van der Waals surface area (Å²) in [6, 6.07) is 15.9. The van der Waals surface area contributed by atoms with Crippen LogP contribution < -0.4 is 10.4 Å². The van der Waals surface area contributed by atoms with Gasteiger partial charge in [-0.15, -0.1) is 0 Å². The summed E-state index contributed by atoms with van der Waals surface area (Å²) in [5, 5.41) is 26.2. The quantitative estimate of drug-likeness (QED) is 0.268. The zero-order valence-electron chi connectivity index (χ0n) is 20.3. The molecule has 37 heavy (non-hydrogen) atoms. The Kier molecular flexibility index (Phi) is 5.18. The lowest BCUT2D eigenvalue weighted by atomic mass is 9.54. The largest absolute Gasteiger partial charge is 0.506 e. The Labute approximate surface area is 214 Å². The van der Waals surface area contributed by atoms with Crippen molar-refractivity contribution in [3.05, 3.63) is 66.4 Å². The molecule has 0 spiro atoms. The highest BCUT2D eigenvalue weighted by atomic mass is 16.5. The van der Waals surface area contributed by atoms with Gasteiger partial charge in [-0.25, -0.2) is 15.0 Å². The van der Waals surface area contributed by atoms with Gasteiger partial charge in [0.1, 0.15) is 23.1 Å². The third-order valence-corrected chi connectivity index (χ3v) is 8.61. The number of phenolic OH excluding ortho intramolecular Hbond substituents is 1. The average Bonchev–Trinajstić information content (AvgIpc) is 3.32. The van der Waals surface area contributed by atoms with Gasteiger partial charge in [-0.1, -0.05) is 6.07 Å². The molecule has 4 bridgehead atoms. The molecule has 0 saturated heterocycles. The molecular weight excluding hydrogens is 466 g/mol. The second kappa shape index (κ2) is 8.59. The van der Waals surface area contributed by atoms with Crippen molar-refractivity contribution >= 4 is 28.4 Å². The summed E-state index contributed by atoms with van der Waals surface area (Å²) in [6.07, 6.45) is 7.74. The number of hydroxylamine groups is 1. The molecule has 0 unspecified atom stereocenters. The minimum atomic E-state index is -0.258. The molecule has 4 aliphatic rings. The van der Waals surface area contributed by atoms with Gasteiger partial charge in [0.05, 0.1) is 17.1 Å². The van der Waals surface area contributed by atoms with Gasteiger partial charge in [0.25, 0.3) is 5.91 Å². The van der Waals surface area contributed by atoms with Crippen LogP contribution in [0.4, 0.5) is 11.5 Å². The number of carbonyl (C=O) groups is 1. The Morgan fingerprint density at radius 2 is 1.76 bits per heavy atom. The van der Waals surface area contributed by atoms with E-state index in [0.717, 1.165) is 11.8 Å². The number of nitrogens with zero attached hydrogens (tertiary/aromatic N) is 3. The topological polar surface area (TPSA) is 114 Å². The second-order valence-electron chi connectivity index (χ2n) is 11.0. The molecular formula is C29H29N5O3. The van der Waals surface area contributed by atoms with E-state index in [1.807, 2.05) is 12.1 Å². The molecule has 4 N–H and O–H groups in total. The summed E-state index contributed by atoms with van der Waals surface area (Å²) in [4.78, 5) is 24.7. The molecule has 0 aliphatic heterocycles. The SMILES string of the molecule is O=C(Nc1ccccn1)c1ccc2nc(-c3ccc(N(O)C4C5CC6CC(C5)CC4C6)c(O)c3)[nH]c2c1. The summed E-state index contributed by atoms with van der Waals surface area (Å²) >= 11 is 0. The average molecular weight is 496 g/mol. The smallest absolute Gasteiger partial charge is 0.256 e. The van der Waals surface area contributed by atoms with E-state index in [1.165, 1.54) is 37.2 Å². The summed E-state index contributed by atoms with van der Waals surface area (Å²) < 4.78 is 0. The normalized spacial score (nSPS) is 25.9. The molecule has 2 aromatic heterocycles. The van der Waals surface area contributed by atoms with Gasteiger partial charge in [-0.3, -0.25) is 10.0 Å². The summed E-state index contributed by atoms with van der Waals surface area (Å²) in [7, 11) is 0. The third kappa shape index (κ3) is 3.92. The van der Waals surface area contributed by atoms with Crippen molar-refractivity contribution in [2.75, 3.05) is 10.4 Å². The van der Waals surface area contributed by atoms with Crippen molar-refractivity contribution in [2.24, 2.45) is 23.7 Å². The van der Waals surface area contributed by atoms with Crippen molar-refractivity contribution in [1.82, 2.24) is 15.0 Å². The summed E-state index contributed by atoms with van der Waals surface area (Å²) in [5.74, 6) is 3.48. The number of rotatable bonds is 5.